The lowest BCUT2D eigenvalue weighted by atomic mass is 10.1. The molecule has 4 nitrogen and oxygen atoms in total. The highest BCUT2D eigenvalue weighted by Crippen LogP contribution is 2.34. The molecule has 0 spiro atoms. The minimum Gasteiger partial charge on any atom is -0.383 e. The van der Waals surface area contributed by atoms with Crippen LogP contribution < -0.4 is 15.5 Å². The number of carbonyl (C=O) groups excluding carboxylic acids is 1. The van der Waals surface area contributed by atoms with Gasteiger partial charge in [0.1, 0.15) is 0 Å². The first-order valence-electron chi connectivity index (χ1n) is 6.13. The Labute approximate surface area is 101 Å². The number of para-hydroxylation sites is 1. The van der Waals surface area contributed by atoms with Gasteiger partial charge in [-0.05, 0) is 25.0 Å². The number of hydrogen-bond acceptors (Lipinski definition) is 3. The second kappa shape index (κ2) is 4.04. The number of benzene rings is 1. The van der Waals surface area contributed by atoms with E-state index in [-0.39, 0.29) is 11.9 Å². The highest BCUT2D eigenvalue weighted by molar-refractivity contribution is 6.00. The molecule has 2 aliphatic heterocycles. The van der Waals surface area contributed by atoms with Crippen LogP contribution in [0.5, 0.6) is 0 Å². The molecule has 0 aromatic heterocycles. The summed E-state index contributed by atoms with van der Waals surface area (Å²) in [5, 5.41) is 6.64. The van der Waals surface area contributed by atoms with Gasteiger partial charge >= 0.3 is 0 Å². The molecule has 0 bridgehead atoms. The zero-order valence-electron chi connectivity index (χ0n) is 9.99. The molecule has 4 heteroatoms. The predicted octanol–water partition coefficient (Wildman–Crippen LogP) is 1.12. The van der Waals surface area contributed by atoms with Gasteiger partial charge in [0.15, 0.2) is 0 Å². The standard InChI is InChI=1S/C13H17N3O/c1-9-3-2-4-11-13(9)15-6-5-10-7-14-8-12(17)16(10)11/h2-4,10,14-15H,5-8H2,1H3. The van der Waals surface area contributed by atoms with Crippen molar-refractivity contribution >= 4 is 17.3 Å². The van der Waals surface area contributed by atoms with E-state index >= 15 is 0 Å². The molecule has 1 aromatic rings. The Balaban J connectivity index is 2.10. The summed E-state index contributed by atoms with van der Waals surface area (Å²) >= 11 is 0. The van der Waals surface area contributed by atoms with E-state index in [0.717, 1.165) is 30.9 Å². The third-order valence-electron chi connectivity index (χ3n) is 3.58. The van der Waals surface area contributed by atoms with E-state index in [1.807, 2.05) is 17.0 Å². The summed E-state index contributed by atoms with van der Waals surface area (Å²) in [6.45, 7) is 4.34. The number of carbonyl (C=O) groups is 1. The number of amides is 1. The van der Waals surface area contributed by atoms with Crippen molar-refractivity contribution in [1.82, 2.24) is 5.32 Å². The van der Waals surface area contributed by atoms with E-state index in [0.29, 0.717) is 6.54 Å². The van der Waals surface area contributed by atoms with Crippen molar-refractivity contribution in [2.75, 3.05) is 29.9 Å². The van der Waals surface area contributed by atoms with Gasteiger partial charge in [-0.15, -0.1) is 0 Å². The number of nitrogens with one attached hydrogen (secondary N) is 2. The molecule has 3 rings (SSSR count). The molecular weight excluding hydrogens is 214 g/mol. The minimum atomic E-state index is 0.178. The van der Waals surface area contributed by atoms with Crippen molar-refractivity contribution in [3.05, 3.63) is 23.8 Å². The Bertz CT molecular complexity index is 458. The number of piperazine rings is 1. The summed E-state index contributed by atoms with van der Waals surface area (Å²) in [5.74, 6) is 0.178. The van der Waals surface area contributed by atoms with Gasteiger partial charge in [0.25, 0.3) is 0 Å². The first-order valence-corrected chi connectivity index (χ1v) is 6.13. The normalized spacial score (nSPS) is 23.5. The summed E-state index contributed by atoms with van der Waals surface area (Å²) in [7, 11) is 0. The Hall–Kier alpha value is -1.55. The fourth-order valence-electron chi connectivity index (χ4n) is 2.73. The van der Waals surface area contributed by atoms with E-state index in [2.05, 4.69) is 23.6 Å². The Morgan fingerprint density at radius 1 is 1.41 bits per heavy atom. The topological polar surface area (TPSA) is 44.4 Å². The van der Waals surface area contributed by atoms with Crippen molar-refractivity contribution in [2.45, 2.75) is 19.4 Å². The minimum absolute atomic E-state index is 0.178. The number of nitrogens with zero attached hydrogens (tertiary/aromatic N) is 1. The Kier molecular flexibility index (Phi) is 2.52. The van der Waals surface area contributed by atoms with Gasteiger partial charge in [-0.2, -0.15) is 0 Å². The van der Waals surface area contributed by atoms with Crippen LogP contribution in [0.1, 0.15) is 12.0 Å². The van der Waals surface area contributed by atoms with Crippen LogP contribution in [0.2, 0.25) is 0 Å². The van der Waals surface area contributed by atoms with E-state index in [1.165, 1.54) is 5.56 Å². The number of rotatable bonds is 0. The lowest BCUT2D eigenvalue weighted by Crippen LogP contribution is -2.55. The summed E-state index contributed by atoms with van der Waals surface area (Å²) in [6.07, 6.45) is 0.993. The monoisotopic (exact) mass is 231 g/mol. The maximum Gasteiger partial charge on any atom is 0.241 e. The maximum atomic E-state index is 12.1. The zero-order valence-corrected chi connectivity index (χ0v) is 9.99. The highest BCUT2D eigenvalue weighted by atomic mass is 16.2. The van der Waals surface area contributed by atoms with Gasteiger partial charge in [0, 0.05) is 13.1 Å². The van der Waals surface area contributed by atoms with E-state index in [4.69, 9.17) is 0 Å². The molecule has 1 atom stereocenters. The maximum absolute atomic E-state index is 12.1. The van der Waals surface area contributed by atoms with Crippen LogP contribution >= 0.6 is 0 Å². The van der Waals surface area contributed by atoms with E-state index in [1.54, 1.807) is 0 Å². The number of fused-ring (bicyclic) bond motifs is 3. The number of aryl methyl sites for hydroxylation is 1. The largest absolute Gasteiger partial charge is 0.383 e. The van der Waals surface area contributed by atoms with Gasteiger partial charge in [-0.25, -0.2) is 0 Å². The number of anilines is 2. The summed E-state index contributed by atoms with van der Waals surface area (Å²) in [6, 6.07) is 6.43. The number of hydrogen-bond donors (Lipinski definition) is 2. The predicted molar refractivity (Wildman–Crippen MR) is 68.4 cm³/mol. The smallest absolute Gasteiger partial charge is 0.241 e. The second-order valence-electron chi connectivity index (χ2n) is 4.73. The van der Waals surface area contributed by atoms with Crippen LogP contribution in [0, 0.1) is 6.92 Å². The molecule has 1 unspecified atom stereocenters. The van der Waals surface area contributed by atoms with Gasteiger partial charge in [-0.3, -0.25) is 4.79 Å². The molecule has 2 aliphatic rings. The van der Waals surface area contributed by atoms with Crippen LogP contribution in [0.3, 0.4) is 0 Å². The van der Waals surface area contributed by atoms with Crippen molar-refractivity contribution in [3.8, 4) is 0 Å². The van der Waals surface area contributed by atoms with Crippen molar-refractivity contribution in [2.24, 2.45) is 0 Å². The third kappa shape index (κ3) is 1.69. The molecule has 2 heterocycles. The van der Waals surface area contributed by atoms with Gasteiger partial charge in [-0.1, -0.05) is 12.1 Å². The van der Waals surface area contributed by atoms with Gasteiger partial charge < -0.3 is 15.5 Å². The summed E-state index contributed by atoms with van der Waals surface area (Å²) in [4.78, 5) is 14.1. The van der Waals surface area contributed by atoms with Crippen LogP contribution in [0.4, 0.5) is 11.4 Å². The third-order valence-corrected chi connectivity index (χ3v) is 3.58. The molecule has 0 saturated carbocycles. The molecule has 1 fully saturated rings. The highest BCUT2D eigenvalue weighted by Gasteiger charge is 2.32. The lowest BCUT2D eigenvalue weighted by molar-refractivity contribution is -0.119. The molecule has 1 aromatic carbocycles. The van der Waals surface area contributed by atoms with Crippen LogP contribution in [-0.4, -0.2) is 31.6 Å². The molecule has 90 valence electrons. The molecule has 0 aliphatic carbocycles. The van der Waals surface area contributed by atoms with Crippen molar-refractivity contribution in [1.29, 1.82) is 0 Å². The molecule has 2 N–H and O–H groups in total. The zero-order chi connectivity index (χ0) is 11.8. The van der Waals surface area contributed by atoms with E-state index < -0.39 is 0 Å². The van der Waals surface area contributed by atoms with Crippen LogP contribution in [0.15, 0.2) is 18.2 Å². The Morgan fingerprint density at radius 2 is 2.29 bits per heavy atom. The first-order chi connectivity index (χ1) is 8.27. The van der Waals surface area contributed by atoms with Crippen molar-refractivity contribution < 1.29 is 4.79 Å². The molecule has 1 saturated heterocycles. The molecule has 0 radical (unpaired) electrons. The average molecular weight is 231 g/mol. The van der Waals surface area contributed by atoms with Gasteiger partial charge in [0.2, 0.25) is 5.91 Å². The summed E-state index contributed by atoms with van der Waals surface area (Å²) in [5.41, 5.74) is 3.36. The van der Waals surface area contributed by atoms with Crippen molar-refractivity contribution in [3.63, 3.8) is 0 Å². The quantitative estimate of drug-likeness (QED) is 0.703. The lowest BCUT2D eigenvalue weighted by Gasteiger charge is -2.35. The summed E-state index contributed by atoms with van der Waals surface area (Å²) < 4.78 is 0. The van der Waals surface area contributed by atoms with Crippen LogP contribution in [-0.2, 0) is 4.79 Å². The second-order valence-corrected chi connectivity index (χ2v) is 4.73. The Morgan fingerprint density at radius 3 is 3.18 bits per heavy atom. The molecule has 17 heavy (non-hydrogen) atoms. The first kappa shape index (κ1) is 10.6. The molecule has 1 amide bonds. The fourth-order valence-corrected chi connectivity index (χ4v) is 2.73. The van der Waals surface area contributed by atoms with Gasteiger partial charge in [0.05, 0.1) is 24.0 Å². The van der Waals surface area contributed by atoms with Crippen LogP contribution in [0.25, 0.3) is 0 Å². The average Bonchev–Trinajstić information content (AvgIpc) is 2.50. The SMILES string of the molecule is Cc1cccc2c1NCCC1CNCC(=O)N21. The fraction of sp³-hybridized carbons (Fsp3) is 0.462. The molecular formula is C13H17N3O. The van der Waals surface area contributed by atoms with E-state index in [9.17, 15) is 4.79 Å².